The summed E-state index contributed by atoms with van der Waals surface area (Å²) in [6.45, 7) is 6.37. The first-order valence-corrected chi connectivity index (χ1v) is 9.57. The largest absolute Gasteiger partial charge is 0.382 e. The molecule has 21 heavy (non-hydrogen) atoms. The molecule has 4 heteroatoms. The van der Waals surface area contributed by atoms with Gasteiger partial charge >= 0.3 is 0 Å². The molecule has 1 fully saturated rings. The molecule has 1 atom stereocenters. The Morgan fingerprint density at radius 3 is 2.43 bits per heavy atom. The zero-order valence-electron chi connectivity index (χ0n) is 13.4. The second-order valence-electron chi connectivity index (χ2n) is 6.86. The Morgan fingerprint density at radius 2 is 1.81 bits per heavy atom. The topological polar surface area (TPSA) is 46.2 Å². The SMILES string of the molecule is CCS(=O)(=O)c1ccc(NC2CCCC(C)(C)CC2)cc1. The van der Waals surface area contributed by atoms with Gasteiger partial charge in [-0.1, -0.05) is 27.2 Å². The Labute approximate surface area is 129 Å². The quantitative estimate of drug-likeness (QED) is 0.846. The average molecular weight is 309 g/mol. The fourth-order valence-electron chi connectivity index (χ4n) is 2.97. The van der Waals surface area contributed by atoms with Crippen LogP contribution in [0, 0.1) is 5.41 Å². The van der Waals surface area contributed by atoms with Crippen LogP contribution in [0.5, 0.6) is 0 Å². The first-order valence-electron chi connectivity index (χ1n) is 7.92. The van der Waals surface area contributed by atoms with Crippen molar-refractivity contribution in [2.24, 2.45) is 5.41 Å². The fraction of sp³-hybridized carbons (Fsp3) is 0.647. The van der Waals surface area contributed by atoms with Crippen LogP contribution in [-0.4, -0.2) is 20.2 Å². The lowest BCUT2D eigenvalue weighted by Gasteiger charge is -2.22. The third kappa shape index (κ3) is 4.47. The van der Waals surface area contributed by atoms with Gasteiger partial charge in [0.2, 0.25) is 0 Å². The van der Waals surface area contributed by atoms with Crippen LogP contribution in [0.25, 0.3) is 0 Å². The third-order valence-electron chi connectivity index (χ3n) is 4.54. The van der Waals surface area contributed by atoms with Gasteiger partial charge in [0, 0.05) is 11.7 Å². The van der Waals surface area contributed by atoms with Crippen molar-refractivity contribution in [1.82, 2.24) is 0 Å². The molecule has 1 unspecified atom stereocenters. The minimum atomic E-state index is -3.10. The predicted octanol–water partition coefficient (Wildman–Crippen LogP) is 4.25. The van der Waals surface area contributed by atoms with Crippen LogP contribution in [0.15, 0.2) is 29.2 Å². The summed E-state index contributed by atoms with van der Waals surface area (Å²) < 4.78 is 23.6. The molecule has 0 bridgehead atoms. The number of anilines is 1. The molecule has 0 heterocycles. The van der Waals surface area contributed by atoms with Gasteiger partial charge in [-0.2, -0.15) is 0 Å². The van der Waals surface area contributed by atoms with Gasteiger partial charge in [-0.3, -0.25) is 0 Å². The van der Waals surface area contributed by atoms with Crippen molar-refractivity contribution in [2.45, 2.75) is 63.8 Å². The average Bonchev–Trinajstić information content (AvgIpc) is 2.61. The van der Waals surface area contributed by atoms with Crippen LogP contribution in [0.3, 0.4) is 0 Å². The van der Waals surface area contributed by atoms with E-state index in [1.807, 2.05) is 12.1 Å². The van der Waals surface area contributed by atoms with Crippen LogP contribution in [0.4, 0.5) is 5.69 Å². The van der Waals surface area contributed by atoms with E-state index in [9.17, 15) is 8.42 Å². The zero-order valence-corrected chi connectivity index (χ0v) is 14.2. The minimum Gasteiger partial charge on any atom is -0.382 e. The molecule has 1 aliphatic carbocycles. The van der Waals surface area contributed by atoms with E-state index in [1.165, 1.54) is 32.1 Å². The van der Waals surface area contributed by atoms with E-state index in [4.69, 9.17) is 0 Å². The number of sulfone groups is 1. The van der Waals surface area contributed by atoms with Crippen molar-refractivity contribution >= 4 is 15.5 Å². The maximum atomic E-state index is 11.8. The lowest BCUT2D eigenvalue weighted by molar-refractivity contribution is 0.313. The molecule has 0 aliphatic heterocycles. The summed E-state index contributed by atoms with van der Waals surface area (Å²) in [6.07, 6.45) is 6.17. The summed E-state index contributed by atoms with van der Waals surface area (Å²) in [5.41, 5.74) is 1.48. The van der Waals surface area contributed by atoms with Gasteiger partial charge in [-0.25, -0.2) is 8.42 Å². The molecule has 1 aromatic carbocycles. The highest BCUT2D eigenvalue weighted by Gasteiger charge is 2.24. The highest BCUT2D eigenvalue weighted by Crippen LogP contribution is 2.34. The van der Waals surface area contributed by atoms with E-state index in [1.54, 1.807) is 19.1 Å². The van der Waals surface area contributed by atoms with Gasteiger partial charge in [-0.15, -0.1) is 0 Å². The van der Waals surface area contributed by atoms with Crippen molar-refractivity contribution in [3.63, 3.8) is 0 Å². The second-order valence-corrected chi connectivity index (χ2v) is 9.14. The summed E-state index contributed by atoms with van der Waals surface area (Å²) in [4.78, 5) is 0.414. The van der Waals surface area contributed by atoms with Crippen LogP contribution < -0.4 is 5.32 Å². The van der Waals surface area contributed by atoms with Crippen molar-refractivity contribution in [3.05, 3.63) is 24.3 Å². The highest BCUT2D eigenvalue weighted by atomic mass is 32.2. The molecule has 2 rings (SSSR count). The lowest BCUT2D eigenvalue weighted by Crippen LogP contribution is -2.19. The Bertz CT molecular complexity index is 561. The van der Waals surface area contributed by atoms with E-state index < -0.39 is 9.84 Å². The summed E-state index contributed by atoms with van der Waals surface area (Å²) in [6, 6.07) is 7.70. The van der Waals surface area contributed by atoms with Gasteiger partial charge in [0.25, 0.3) is 0 Å². The molecule has 0 saturated heterocycles. The molecule has 0 aromatic heterocycles. The molecule has 118 valence electrons. The van der Waals surface area contributed by atoms with Crippen molar-refractivity contribution in [1.29, 1.82) is 0 Å². The highest BCUT2D eigenvalue weighted by molar-refractivity contribution is 7.91. The smallest absolute Gasteiger partial charge is 0.178 e. The van der Waals surface area contributed by atoms with Gasteiger partial charge in [0.15, 0.2) is 9.84 Å². The van der Waals surface area contributed by atoms with E-state index >= 15 is 0 Å². The number of rotatable bonds is 4. The number of nitrogens with one attached hydrogen (secondary N) is 1. The molecular weight excluding hydrogens is 282 g/mol. The third-order valence-corrected chi connectivity index (χ3v) is 6.29. The number of hydrogen-bond acceptors (Lipinski definition) is 3. The van der Waals surface area contributed by atoms with Crippen LogP contribution in [-0.2, 0) is 9.84 Å². The summed E-state index contributed by atoms with van der Waals surface area (Å²) >= 11 is 0. The van der Waals surface area contributed by atoms with Crippen LogP contribution >= 0.6 is 0 Å². The standard InChI is InChI=1S/C17H27NO2S/c1-4-21(19,20)16-9-7-15(8-10-16)18-14-6-5-12-17(2,3)13-11-14/h7-10,14,18H,4-6,11-13H2,1-3H3. The normalized spacial score (nSPS) is 22.5. The first-order chi connectivity index (χ1) is 9.82. The first kappa shape index (κ1) is 16.3. The van der Waals surface area contributed by atoms with Crippen LogP contribution in [0.2, 0.25) is 0 Å². The van der Waals surface area contributed by atoms with Crippen LogP contribution in [0.1, 0.15) is 52.9 Å². The molecule has 3 nitrogen and oxygen atoms in total. The zero-order chi connectivity index (χ0) is 15.5. The maximum Gasteiger partial charge on any atom is 0.178 e. The molecule has 0 amide bonds. The lowest BCUT2D eigenvalue weighted by atomic mass is 9.85. The Balaban J connectivity index is 2.01. The van der Waals surface area contributed by atoms with E-state index in [2.05, 4.69) is 19.2 Å². The molecule has 1 aromatic rings. The Hall–Kier alpha value is -1.03. The molecule has 0 spiro atoms. The molecule has 1 N–H and O–H groups in total. The molecule has 0 radical (unpaired) electrons. The Morgan fingerprint density at radius 1 is 1.14 bits per heavy atom. The van der Waals surface area contributed by atoms with Gasteiger partial charge in [-0.05, 0) is 55.4 Å². The monoisotopic (exact) mass is 309 g/mol. The minimum absolute atomic E-state index is 0.150. The van der Waals surface area contributed by atoms with E-state index in [-0.39, 0.29) is 5.75 Å². The maximum absolute atomic E-state index is 11.8. The summed E-state index contributed by atoms with van der Waals surface area (Å²) in [5, 5.41) is 3.56. The summed E-state index contributed by atoms with van der Waals surface area (Å²) in [5.74, 6) is 0.150. The number of benzene rings is 1. The van der Waals surface area contributed by atoms with Gasteiger partial charge < -0.3 is 5.32 Å². The molecule has 1 saturated carbocycles. The fourth-order valence-corrected chi connectivity index (χ4v) is 3.85. The predicted molar refractivity (Wildman–Crippen MR) is 88.4 cm³/mol. The van der Waals surface area contributed by atoms with Crippen molar-refractivity contribution in [3.8, 4) is 0 Å². The van der Waals surface area contributed by atoms with E-state index in [0.717, 1.165) is 5.69 Å². The van der Waals surface area contributed by atoms with Crippen molar-refractivity contribution in [2.75, 3.05) is 11.1 Å². The number of hydrogen-bond donors (Lipinski definition) is 1. The van der Waals surface area contributed by atoms with Crippen molar-refractivity contribution < 1.29 is 8.42 Å². The van der Waals surface area contributed by atoms with E-state index in [0.29, 0.717) is 16.4 Å². The summed E-state index contributed by atoms with van der Waals surface area (Å²) in [7, 11) is -3.10. The van der Waals surface area contributed by atoms with Gasteiger partial charge in [0.05, 0.1) is 10.6 Å². The molecular formula is C17H27NO2S. The molecule has 1 aliphatic rings. The van der Waals surface area contributed by atoms with Gasteiger partial charge in [0.1, 0.15) is 0 Å². The Kier molecular flexibility index (Phi) is 4.97. The second kappa shape index (κ2) is 6.39.